The Labute approximate surface area is 104 Å². The van der Waals surface area contributed by atoms with Gasteiger partial charge in [-0.3, -0.25) is 13.9 Å². The Hall–Kier alpha value is -1.88. The van der Waals surface area contributed by atoms with Crippen LogP contribution in [0.25, 0.3) is 10.9 Å². The quantitative estimate of drug-likeness (QED) is 0.805. The lowest BCUT2D eigenvalue weighted by Gasteiger charge is -2.27. The SMILES string of the molecule is Cn1c(=O)n(CC2CNC2)c(=O)c2ccccc21. The highest BCUT2D eigenvalue weighted by molar-refractivity contribution is 5.77. The first kappa shape index (κ1) is 11.2. The second-order valence-corrected chi connectivity index (χ2v) is 4.80. The maximum absolute atomic E-state index is 12.3. The van der Waals surface area contributed by atoms with Gasteiger partial charge in [-0.2, -0.15) is 0 Å². The number of rotatable bonds is 2. The predicted octanol–water partition coefficient (Wildman–Crippen LogP) is -0.0804. The van der Waals surface area contributed by atoms with Crippen LogP contribution in [0.5, 0.6) is 0 Å². The second kappa shape index (κ2) is 4.10. The van der Waals surface area contributed by atoms with Gasteiger partial charge in [-0.1, -0.05) is 12.1 Å². The van der Waals surface area contributed by atoms with Gasteiger partial charge in [0.15, 0.2) is 0 Å². The van der Waals surface area contributed by atoms with Crippen molar-refractivity contribution in [2.45, 2.75) is 6.54 Å². The van der Waals surface area contributed by atoms with E-state index >= 15 is 0 Å². The minimum absolute atomic E-state index is 0.180. The molecule has 1 aliphatic rings. The molecular formula is C13H15N3O2. The van der Waals surface area contributed by atoms with Gasteiger partial charge in [-0.25, -0.2) is 4.79 Å². The smallest absolute Gasteiger partial charge is 0.316 e. The summed E-state index contributed by atoms with van der Waals surface area (Å²) in [6.45, 7) is 2.26. The number of benzene rings is 1. The lowest BCUT2D eigenvalue weighted by Crippen LogP contribution is -2.49. The molecule has 5 nitrogen and oxygen atoms in total. The molecule has 0 spiro atoms. The minimum Gasteiger partial charge on any atom is -0.316 e. The van der Waals surface area contributed by atoms with Gasteiger partial charge in [0.05, 0.1) is 10.9 Å². The van der Waals surface area contributed by atoms with Crippen LogP contribution in [0.15, 0.2) is 33.9 Å². The molecule has 1 aliphatic heterocycles. The first-order chi connectivity index (χ1) is 8.68. The summed E-state index contributed by atoms with van der Waals surface area (Å²) in [7, 11) is 1.71. The average Bonchev–Trinajstić information content (AvgIpc) is 2.34. The monoisotopic (exact) mass is 245 g/mol. The maximum Gasteiger partial charge on any atom is 0.331 e. The van der Waals surface area contributed by atoms with Crippen molar-refractivity contribution in [2.75, 3.05) is 13.1 Å². The summed E-state index contributed by atoms with van der Waals surface area (Å²) in [4.78, 5) is 24.5. The first-order valence-corrected chi connectivity index (χ1v) is 6.08. The summed E-state index contributed by atoms with van der Waals surface area (Å²) < 4.78 is 2.90. The lowest BCUT2D eigenvalue weighted by molar-refractivity contribution is 0.298. The fourth-order valence-electron chi connectivity index (χ4n) is 2.36. The van der Waals surface area contributed by atoms with Crippen LogP contribution in [-0.4, -0.2) is 22.2 Å². The topological polar surface area (TPSA) is 56.0 Å². The van der Waals surface area contributed by atoms with Crippen LogP contribution in [0.3, 0.4) is 0 Å². The van der Waals surface area contributed by atoms with Crippen molar-refractivity contribution in [2.24, 2.45) is 13.0 Å². The van der Waals surface area contributed by atoms with E-state index in [1.54, 1.807) is 23.7 Å². The zero-order valence-corrected chi connectivity index (χ0v) is 10.2. The number of hydrogen-bond acceptors (Lipinski definition) is 3. The molecule has 0 aliphatic carbocycles. The molecule has 0 atom stereocenters. The van der Waals surface area contributed by atoms with Crippen LogP contribution in [0.2, 0.25) is 0 Å². The number of nitrogens with one attached hydrogen (secondary N) is 1. The Morgan fingerprint density at radius 1 is 1.28 bits per heavy atom. The van der Waals surface area contributed by atoms with E-state index in [0.717, 1.165) is 13.1 Å². The third-order valence-electron chi connectivity index (χ3n) is 3.57. The molecule has 1 fully saturated rings. The molecule has 2 heterocycles. The highest BCUT2D eigenvalue weighted by Crippen LogP contribution is 2.08. The Morgan fingerprint density at radius 2 is 2.00 bits per heavy atom. The van der Waals surface area contributed by atoms with Crippen molar-refractivity contribution in [1.29, 1.82) is 0 Å². The fourth-order valence-corrected chi connectivity index (χ4v) is 2.36. The molecule has 0 saturated carbocycles. The highest BCUT2D eigenvalue weighted by Gasteiger charge is 2.20. The zero-order valence-electron chi connectivity index (χ0n) is 10.2. The molecule has 1 aromatic heterocycles. The van der Waals surface area contributed by atoms with E-state index < -0.39 is 0 Å². The summed E-state index contributed by atoms with van der Waals surface area (Å²) >= 11 is 0. The number of nitrogens with zero attached hydrogens (tertiary/aromatic N) is 2. The van der Waals surface area contributed by atoms with Crippen LogP contribution in [0.1, 0.15) is 0 Å². The lowest BCUT2D eigenvalue weighted by atomic mass is 10.0. The molecule has 0 radical (unpaired) electrons. The van der Waals surface area contributed by atoms with Gasteiger partial charge < -0.3 is 5.32 Å². The summed E-state index contributed by atoms with van der Waals surface area (Å²) in [5, 5.41) is 3.75. The summed E-state index contributed by atoms with van der Waals surface area (Å²) in [6.07, 6.45) is 0. The zero-order chi connectivity index (χ0) is 12.7. The van der Waals surface area contributed by atoms with E-state index in [1.165, 1.54) is 4.57 Å². The Balaban J connectivity index is 2.24. The highest BCUT2D eigenvalue weighted by atomic mass is 16.2. The van der Waals surface area contributed by atoms with Gasteiger partial charge >= 0.3 is 5.69 Å². The third kappa shape index (κ3) is 1.59. The van der Waals surface area contributed by atoms with Crippen LogP contribution < -0.4 is 16.6 Å². The number of aryl methyl sites for hydroxylation is 1. The van der Waals surface area contributed by atoms with Crippen LogP contribution in [0.4, 0.5) is 0 Å². The van der Waals surface area contributed by atoms with Gasteiger partial charge in [0.2, 0.25) is 0 Å². The van der Waals surface area contributed by atoms with E-state index in [0.29, 0.717) is 23.4 Å². The van der Waals surface area contributed by atoms with Crippen molar-refractivity contribution < 1.29 is 0 Å². The number of hydrogen-bond donors (Lipinski definition) is 1. The number of aromatic nitrogens is 2. The largest absolute Gasteiger partial charge is 0.331 e. The number of fused-ring (bicyclic) bond motifs is 1. The van der Waals surface area contributed by atoms with Crippen LogP contribution in [-0.2, 0) is 13.6 Å². The Kier molecular flexibility index (Phi) is 2.56. The van der Waals surface area contributed by atoms with E-state index in [4.69, 9.17) is 0 Å². The van der Waals surface area contributed by atoms with Crippen LogP contribution in [0, 0.1) is 5.92 Å². The second-order valence-electron chi connectivity index (χ2n) is 4.80. The Morgan fingerprint density at radius 3 is 2.67 bits per heavy atom. The molecule has 0 bridgehead atoms. The molecule has 1 saturated heterocycles. The van der Waals surface area contributed by atoms with Gasteiger partial charge in [0.1, 0.15) is 0 Å². The summed E-state index contributed by atoms with van der Waals surface area (Å²) in [5.41, 5.74) is 0.279. The minimum atomic E-state index is -0.231. The van der Waals surface area contributed by atoms with E-state index in [2.05, 4.69) is 5.32 Å². The van der Waals surface area contributed by atoms with Gasteiger partial charge in [0.25, 0.3) is 5.56 Å². The Bertz CT molecular complexity index is 710. The average molecular weight is 245 g/mol. The van der Waals surface area contributed by atoms with Crippen LogP contribution >= 0.6 is 0 Å². The molecule has 18 heavy (non-hydrogen) atoms. The number of para-hydroxylation sites is 1. The van der Waals surface area contributed by atoms with Gasteiger partial charge in [-0.15, -0.1) is 0 Å². The van der Waals surface area contributed by atoms with Crippen molar-refractivity contribution >= 4 is 10.9 Å². The molecule has 0 amide bonds. The van der Waals surface area contributed by atoms with Gasteiger partial charge in [0, 0.05) is 32.6 Å². The maximum atomic E-state index is 12.3. The molecule has 1 aromatic carbocycles. The predicted molar refractivity (Wildman–Crippen MR) is 69.8 cm³/mol. The molecule has 1 N–H and O–H groups in total. The molecule has 2 aromatic rings. The molecule has 3 rings (SSSR count). The standard InChI is InChI=1S/C13H15N3O2/c1-15-11-5-3-2-4-10(11)12(17)16(13(15)18)8-9-6-14-7-9/h2-5,9,14H,6-8H2,1H3. The summed E-state index contributed by atoms with van der Waals surface area (Å²) in [5.74, 6) is 0.386. The fraction of sp³-hybridized carbons (Fsp3) is 0.385. The molecular weight excluding hydrogens is 230 g/mol. The van der Waals surface area contributed by atoms with Crippen molar-refractivity contribution in [1.82, 2.24) is 14.5 Å². The van der Waals surface area contributed by atoms with Crippen molar-refractivity contribution in [3.63, 3.8) is 0 Å². The third-order valence-corrected chi connectivity index (χ3v) is 3.57. The summed E-state index contributed by atoms with van der Waals surface area (Å²) in [6, 6.07) is 7.23. The normalized spacial score (nSPS) is 15.8. The molecule has 0 unspecified atom stereocenters. The van der Waals surface area contributed by atoms with E-state index in [1.807, 2.05) is 12.1 Å². The van der Waals surface area contributed by atoms with Gasteiger partial charge in [-0.05, 0) is 12.1 Å². The van der Waals surface area contributed by atoms with E-state index in [9.17, 15) is 9.59 Å². The van der Waals surface area contributed by atoms with E-state index in [-0.39, 0.29) is 11.2 Å². The molecule has 94 valence electrons. The molecule has 5 heteroatoms. The van der Waals surface area contributed by atoms with Crippen molar-refractivity contribution in [3.8, 4) is 0 Å². The first-order valence-electron chi connectivity index (χ1n) is 6.08. The van der Waals surface area contributed by atoms with Crippen molar-refractivity contribution in [3.05, 3.63) is 45.1 Å².